The largest absolute Gasteiger partial charge is 0.396 e. The standard InChI is InChI=1S/C12H23NO/c1-9(10-5-6-10)13-7-11-3-2-4-12(11)8-14/h9-14H,2-8H2,1H3. The molecular formula is C12H23NO. The van der Waals surface area contributed by atoms with Crippen molar-refractivity contribution in [3.63, 3.8) is 0 Å². The van der Waals surface area contributed by atoms with Gasteiger partial charge in [-0.1, -0.05) is 6.42 Å². The Kier molecular flexibility index (Phi) is 3.45. The quantitative estimate of drug-likeness (QED) is 0.704. The highest BCUT2D eigenvalue weighted by molar-refractivity contribution is 4.85. The van der Waals surface area contributed by atoms with E-state index in [1.54, 1.807) is 0 Å². The minimum Gasteiger partial charge on any atom is -0.396 e. The zero-order valence-corrected chi connectivity index (χ0v) is 9.21. The van der Waals surface area contributed by atoms with Gasteiger partial charge in [-0.2, -0.15) is 0 Å². The first kappa shape index (κ1) is 10.4. The van der Waals surface area contributed by atoms with Gasteiger partial charge in [-0.25, -0.2) is 0 Å². The first-order chi connectivity index (χ1) is 6.81. The van der Waals surface area contributed by atoms with Crippen molar-refractivity contribution in [2.24, 2.45) is 17.8 Å². The average molecular weight is 197 g/mol. The molecule has 2 saturated carbocycles. The Labute approximate surface area is 87.1 Å². The molecule has 0 heterocycles. The fourth-order valence-electron chi connectivity index (χ4n) is 2.72. The molecule has 0 bridgehead atoms. The molecule has 0 spiro atoms. The summed E-state index contributed by atoms with van der Waals surface area (Å²) < 4.78 is 0. The second-order valence-corrected chi connectivity index (χ2v) is 5.17. The van der Waals surface area contributed by atoms with E-state index in [2.05, 4.69) is 12.2 Å². The van der Waals surface area contributed by atoms with Crippen LogP contribution in [0.5, 0.6) is 0 Å². The van der Waals surface area contributed by atoms with Crippen LogP contribution >= 0.6 is 0 Å². The van der Waals surface area contributed by atoms with Crippen LogP contribution in [0.4, 0.5) is 0 Å². The summed E-state index contributed by atoms with van der Waals surface area (Å²) in [5.74, 6) is 2.26. The van der Waals surface area contributed by atoms with Crippen LogP contribution in [0, 0.1) is 17.8 Å². The van der Waals surface area contributed by atoms with Gasteiger partial charge in [0.1, 0.15) is 0 Å². The lowest BCUT2D eigenvalue weighted by molar-refractivity contribution is 0.190. The number of rotatable bonds is 5. The van der Waals surface area contributed by atoms with E-state index < -0.39 is 0 Å². The highest BCUT2D eigenvalue weighted by Gasteiger charge is 2.30. The Balaban J connectivity index is 1.68. The van der Waals surface area contributed by atoms with Crippen molar-refractivity contribution in [1.29, 1.82) is 0 Å². The number of aliphatic hydroxyl groups excluding tert-OH is 1. The van der Waals surface area contributed by atoms with Gasteiger partial charge in [0, 0.05) is 12.6 Å². The summed E-state index contributed by atoms with van der Waals surface area (Å²) in [6.45, 7) is 3.83. The van der Waals surface area contributed by atoms with Gasteiger partial charge in [0.15, 0.2) is 0 Å². The molecule has 2 rings (SSSR count). The first-order valence-corrected chi connectivity index (χ1v) is 6.15. The molecule has 14 heavy (non-hydrogen) atoms. The Morgan fingerprint density at radius 1 is 1.21 bits per heavy atom. The van der Waals surface area contributed by atoms with E-state index in [1.807, 2.05) is 0 Å². The van der Waals surface area contributed by atoms with Crippen LogP contribution in [-0.4, -0.2) is 24.3 Å². The van der Waals surface area contributed by atoms with E-state index in [4.69, 9.17) is 0 Å². The predicted molar refractivity (Wildman–Crippen MR) is 58.1 cm³/mol. The number of aliphatic hydroxyl groups is 1. The zero-order valence-electron chi connectivity index (χ0n) is 9.21. The van der Waals surface area contributed by atoms with Crippen molar-refractivity contribution < 1.29 is 5.11 Å². The molecule has 2 heteroatoms. The Morgan fingerprint density at radius 3 is 2.57 bits per heavy atom. The molecule has 2 aliphatic carbocycles. The van der Waals surface area contributed by atoms with Gasteiger partial charge in [0.2, 0.25) is 0 Å². The molecule has 2 nitrogen and oxygen atoms in total. The molecule has 0 aromatic rings. The molecular weight excluding hydrogens is 174 g/mol. The van der Waals surface area contributed by atoms with Gasteiger partial charge in [0.05, 0.1) is 0 Å². The number of hydrogen-bond donors (Lipinski definition) is 2. The molecule has 0 aromatic heterocycles. The molecule has 2 fully saturated rings. The van der Waals surface area contributed by atoms with Crippen molar-refractivity contribution in [3.8, 4) is 0 Å². The highest BCUT2D eigenvalue weighted by atomic mass is 16.3. The highest BCUT2D eigenvalue weighted by Crippen LogP contribution is 2.34. The van der Waals surface area contributed by atoms with E-state index in [0.29, 0.717) is 18.6 Å². The summed E-state index contributed by atoms with van der Waals surface area (Å²) in [6.07, 6.45) is 6.70. The van der Waals surface area contributed by atoms with Crippen LogP contribution in [0.1, 0.15) is 39.0 Å². The van der Waals surface area contributed by atoms with E-state index in [-0.39, 0.29) is 0 Å². The first-order valence-electron chi connectivity index (χ1n) is 6.15. The summed E-state index contributed by atoms with van der Waals surface area (Å²) in [5, 5.41) is 12.8. The lowest BCUT2D eigenvalue weighted by atomic mass is 9.96. The van der Waals surface area contributed by atoms with Crippen molar-refractivity contribution >= 4 is 0 Å². The fourth-order valence-corrected chi connectivity index (χ4v) is 2.72. The predicted octanol–water partition coefficient (Wildman–Crippen LogP) is 1.78. The maximum atomic E-state index is 9.20. The third-order valence-corrected chi connectivity index (χ3v) is 4.08. The monoisotopic (exact) mass is 197 g/mol. The second-order valence-electron chi connectivity index (χ2n) is 5.17. The fraction of sp³-hybridized carbons (Fsp3) is 1.00. The van der Waals surface area contributed by atoms with Gasteiger partial charge >= 0.3 is 0 Å². The molecule has 0 radical (unpaired) electrons. The molecule has 2 aliphatic rings. The summed E-state index contributed by atoms with van der Waals surface area (Å²) in [5.41, 5.74) is 0. The van der Waals surface area contributed by atoms with Crippen LogP contribution in [0.25, 0.3) is 0 Å². The summed E-state index contributed by atoms with van der Waals surface area (Å²) in [6, 6.07) is 0.704. The molecule has 0 aliphatic heterocycles. The second kappa shape index (κ2) is 4.63. The van der Waals surface area contributed by atoms with E-state index in [1.165, 1.54) is 32.1 Å². The molecule has 0 saturated heterocycles. The minimum atomic E-state index is 0.393. The Bertz CT molecular complexity index is 179. The van der Waals surface area contributed by atoms with Gasteiger partial charge in [-0.3, -0.25) is 0 Å². The van der Waals surface area contributed by atoms with E-state index in [0.717, 1.165) is 18.4 Å². The number of nitrogens with one attached hydrogen (secondary N) is 1. The third-order valence-electron chi connectivity index (χ3n) is 4.08. The summed E-state index contributed by atoms with van der Waals surface area (Å²) >= 11 is 0. The molecule has 0 amide bonds. The van der Waals surface area contributed by atoms with E-state index >= 15 is 0 Å². The molecule has 0 aromatic carbocycles. The van der Waals surface area contributed by atoms with Crippen LogP contribution in [0.2, 0.25) is 0 Å². The Morgan fingerprint density at radius 2 is 1.93 bits per heavy atom. The van der Waals surface area contributed by atoms with E-state index in [9.17, 15) is 5.11 Å². The Hall–Kier alpha value is -0.0800. The van der Waals surface area contributed by atoms with Crippen molar-refractivity contribution in [2.75, 3.05) is 13.2 Å². The van der Waals surface area contributed by atoms with Gasteiger partial charge < -0.3 is 10.4 Å². The number of hydrogen-bond acceptors (Lipinski definition) is 2. The normalized spacial score (nSPS) is 34.7. The van der Waals surface area contributed by atoms with Gasteiger partial charge in [-0.15, -0.1) is 0 Å². The molecule has 82 valence electrons. The van der Waals surface area contributed by atoms with Crippen molar-refractivity contribution in [2.45, 2.75) is 45.1 Å². The van der Waals surface area contributed by atoms with Crippen molar-refractivity contribution in [3.05, 3.63) is 0 Å². The molecule has 3 atom stereocenters. The zero-order chi connectivity index (χ0) is 9.97. The van der Waals surface area contributed by atoms with Crippen LogP contribution in [0.15, 0.2) is 0 Å². The summed E-state index contributed by atoms with van der Waals surface area (Å²) in [7, 11) is 0. The topological polar surface area (TPSA) is 32.3 Å². The van der Waals surface area contributed by atoms with Crippen LogP contribution in [-0.2, 0) is 0 Å². The van der Waals surface area contributed by atoms with Crippen LogP contribution in [0.3, 0.4) is 0 Å². The average Bonchev–Trinajstić information content (AvgIpc) is 2.94. The lowest BCUT2D eigenvalue weighted by Crippen LogP contribution is -2.34. The molecule has 2 N–H and O–H groups in total. The van der Waals surface area contributed by atoms with Crippen LogP contribution < -0.4 is 5.32 Å². The maximum absolute atomic E-state index is 9.20. The van der Waals surface area contributed by atoms with Gasteiger partial charge in [-0.05, 0) is 56.9 Å². The minimum absolute atomic E-state index is 0.393. The molecule has 3 unspecified atom stereocenters. The SMILES string of the molecule is CC(NCC1CCCC1CO)C1CC1. The van der Waals surface area contributed by atoms with Gasteiger partial charge in [0.25, 0.3) is 0 Å². The maximum Gasteiger partial charge on any atom is 0.0462 e. The lowest BCUT2D eigenvalue weighted by Gasteiger charge is -2.21. The third kappa shape index (κ3) is 2.48. The summed E-state index contributed by atoms with van der Waals surface area (Å²) in [4.78, 5) is 0. The van der Waals surface area contributed by atoms with Crippen molar-refractivity contribution in [1.82, 2.24) is 5.32 Å². The smallest absolute Gasteiger partial charge is 0.0462 e.